The Kier molecular flexibility index (Phi) is 6.49. The Morgan fingerprint density at radius 2 is 1.58 bits per heavy atom. The third-order valence-electron chi connectivity index (χ3n) is 6.21. The van der Waals surface area contributed by atoms with E-state index in [2.05, 4.69) is 5.32 Å². The van der Waals surface area contributed by atoms with E-state index in [9.17, 15) is 9.18 Å². The molecule has 0 saturated carbocycles. The summed E-state index contributed by atoms with van der Waals surface area (Å²) in [4.78, 5) is 22.8. The van der Waals surface area contributed by atoms with E-state index in [0.29, 0.717) is 54.0 Å². The molecular weight excluding hydrogens is 457 g/mol. The molecule has 0 fully saturated rings. The first-order valence-corrected chi connectivity index (χ1v) is 11.7. The van der Waals surface area contributed by atoms with Crippen LogP contribution in [0.4, 0.5) is 10.2 Å². The Hall–Kier alpha value is -4.46. The van der Waals surface area contributed by atoms with Gasteiger partial charge in [0.1, 0.15) is 28.5 Å². The van der Waals surface area contributed by atoms with Gasteiger partial charge in [-0.05, 0) is 60.4 Å². The molecule has 7 nitrogen and oxygen atoms in total. The first kappa shape index (κ1) is 23.3. The Morgan fingerprint density at radius 3 is 2.28 bits per heavy atom. The Bertz CT molecular complexity index is 1530. The fourth-order valence-corrected chi connectivity index (χ4v) is 4.26. The number of benzene rings is 3. The maximum atomic E-state index is 13.3. The van der Waals surface area contributed by atoms with Crippen molar-refractivity contribution in [2.45, 2.75) is 19.4 Å². The lowest BCUT2D eigenvalue weighted by Gasteiger charge is -2.09. The number of hydrogen-bond donors (Lipinski definition) is 2. The summed E-state index contributed by atoms with van der Waals surface area (Å²) >= 11 is 0. The predicted octanol–water partition coefficient (Wildman–Crippen LogP) is 4.53. The summed E-state index contributed by atoms with van der Waals surface area (Å²) in [5.74, 6) is 0.519. The summed E-state index contributed by atoms with van der Waals surface area (Å²) in [5.41, 5.74) is 11.3. The van der Waals surface area contributed by atoms with Crippen molar-refractivity contribution in [3.05, 3.63) is 95.3 Å². The van der Waals surface area contributed by atoms with Crippen LogP contribution in [-0.4, -0.2) is 34.1 Å². The van der Waals surface area contributed by atoms with Crippen molar-refractivity contribution in [1.82, 2.24) is 19.9 Å². The lowest BCUT2D eigenvalue weighted by atomic mass is 10.1. The number of nitrogen functional groups attached to an aromatic ring is 1. The molecule has 0 saturated heterocycles. The quantitative estimate of drug-likeness (QED) is 0.338. The largest absolute Gasteiger partial charge is 0.497 e. The van der Waals surface area contributed by atoms with Crippen LogP contribution in [0, 0.1) is 5.82 Å². The zero-order valence-corrected chi connectivity index (χ0v) is 19.9. The van der Waals surface area contributed by atoms with Gasteiger partial charge in [0.15, 0.2) is 5.65 Å². The summed E-state index contributed by atoms with van der Waals surface area (Å²) in [6.07, 6.45) is 1.26. The molecule has 0 unspecified atom stereocenters. The average molecular weight is 484 g/mol. The number of nitrogens with one attached hydrogen (secondary N) is 1. The zero-order valence-electron chi connectivity index (χ0n) is 19.9. The second-order valence-electron chi connectivity index (χ2n) is 8.53. The standard InChI is InChI=1S/C28H26FN5O2/c1-36-21-12-8-18(9-13-21)14-16-31-28(35)24-25-27(33-23-5-3-2-4-22(23)32-25)34(26(24)30)17-15-19-6-10-20(29)11-7-19/h2-13H,14-17,30H2,1H3,(H,31,35). The number of aryl methyl sites for hydroxylation is 2. The van der Waals surface area contributed by atoms with Crippen LogP contribution < -0.4 is 15.8 Å². The van der Waals surface area contributed by atoms with Gasteiger partial charge in [0.25, 0.3) is 5.91 Å². The van der Waals surface area contributed by atoms with E-state index in [1.165, 1.54) is 12.1 Å². The number of rotatable bonds is 8. The molecule has 8 heteroatoms. The molecule has 3 aromatic carbocycles. The van der Waals surface area contributed by atoms with Crippen molar-refractivity contribution in [2.24, 2.45) is 0 Å². The average Bonchev–Trinajstić information content (AvgIpc) is 3.17. The predicted molar refractivity (Wildman–Crippen MR) is 139 cm³/mol. The normalized spacial score (nSPS) is 11.2. The number of carbonyl (C=O) groups is 1. The molecule has 36 heavy (non-hydrogen) atoms. The van der Waals surface area contributed by atoms with E-state index in [4.69, 9.17) is 20.4 Å². The van der Waals surface area contributed by atoms with Crippen LogP contribution in [0.25, 0.3) is 22.2 Å². The lowest BCUT2D eigenvalue weighted by molar-refractivity contribution is 0.0956. The summed E-state index contributed by atoms with van der Waals surface area (Å²) in [7, 11) is 1.63. The molecule has 5 aromatic rings. The molecule has 0 bridgehead atoms. The molecule has 182 valence electrons. The van der Waals surface area contributed by atoms with E-state index >= 15 is 0 Å². The molecule has 2 aromatic heterocycles. The van der Waals surface area contributed by atoms with E-state index in [0.717, 1.165) is 22.4 Å². The summed E-state index contributed by atoms with van der Waals surface area (Å²) in [6, 6.07) is 21.6. The van der Waals surface area contributed by atoms with Gasteiger partial charge in [0, 0.05) is 13.1 Å². The number of halogens is 1. The molecule has 0 spiro atoms. The van der Waals surface area contributed by atoms with Crippen LogP contribution in [-0.2, 0) is 19.4 Å². The van der Waals surface area contributed by atoms with Crippen molar-refractivity contribution in [2.75, 3.05) is 19.4 Å². The van der Waals surface area contributed by atoms with Crippen molar-refractivity contribution < 1.29 is 13.9 Å². The van der Waals surface area contributed by atoms with Crippen LogP contribution in [0.3, 0.4) is 0 Å². The maximum absolute atomic E-state index is 13.3. The number of carbonyl (C=O) groups excluding carboxylic acids is 1. The molecule has 2 heterocycles. The van der Waals surface area contributed by atoms with Gasteiger partial charge in [0.05, 0.1) is 18.1 Å². The van der Waals surface area contributed by atoms with Crippen LogP contribution in [0.15, 0.2) is 72.8 Å². The maximum Gasteiger partial charge on any atom is 0.257 e. The number of amides is 1. The Labute approximate surface area is 207 Å². The number of ether oxygens (including phenoxy) is 1. The molecular formula is C28H26FN5O2. The summed E-state index contributed by atoms with van der Waals surface area (Å²) in [5, 5.41) is 2.98. The third-order valence-corrected chi connectivity index (χ3v) is 6.21. The minimum Gasteiger partial charge on any atom is -0.497 e. The number of anilines is 1. The van der Waals surface area contributed by atoms with Gasteiger partial charge in [-0.3, -0.25) is 4.79 Å². The van der Waals surface area contributed by atoms with Crippen LogP contribution >= 0.6 is 0 Å². The molecule has 0 atom stereocenters. The highest BCUT2D eigenvalue weighted by Gasteiger charge is 2.23. The van der Waals surface area contributed by atoms with Gasteiger partial charge in [-0.1, -0.05) is 36.4 Å². The Morgan fingerprint density at radius 1 is 0.944 bits per heavy atom. The topological polar surface area (TPSA) is 95.1 Å². The van der Waals surface area contributed by atoms with Crippen molar-refractivity contribution in [1.29, 1.82) is 0 Å². The fourth-order valence-electron chi connectivity index (χ4n) is 4.26. The molecule has 0 aliphatic rings. The minimum atomic E-state index is -0.295. The van der Waals surface area contributed by atoms with Crippen molar-refractivity contribution >= 4 is 33.9 Å². The number of hydrogen-bond acceptors (Lipinski definition) is 5. The SMILES string of the molecule is COc1ccc(CCNC(=O)c2c(N)n(CCc3ccc(F)cc3)c3nc4ccccc4nc23)cc1. The van der Waals surface area contributed by atoms with E-state index < -0.39 is 0 Å². The highest BCUT2D eigenvalue weighted by atomic mass is 19.1. The number of para-hydroxylation sites is 2. The monoisotopic (exact) mass is 483 g/mol. The second-order valence-corrected chi connectivity index (χ2v) is 8.53. The van der Waals surface area contributed by atoms with Crippen LogP contribution in [0.2, 0.25) is 0 Å². The van der Waals surface area contributed by atoms with Crippen molar-refractivity contribution in [3.8, 4) is 5.75 Å². The van der Waals surface area contributed by atoms with Gasteiger partial charge in [-0.2, -0.15) is 0 Å². The molecule has 5 rings (SSSR count). The van der Waals surface area contributed by atoms with Gasteiger partial charge in [0.2, 0.25) is 0 Å². The molecule has 3 N–H and O–H groups in total. The summed E-state index contributed by atoms with van der Waals surface area (Å²) in [6.45, 7) is 0.911. The van der Waals surface area contributed by atoms with Crippen LogP contribution in [0.1, 0.15) is 21.5 Å². The number of nitrogens with two attached hydrogens (primary N) is 1. The van der Waals surface area contributed by atoms with Gasteiger partial charge in [-0.15, -0.1) is 0 Å². The second kappa shape index (κ2) is 10.0. The van der Waals surface area contributed by atoms with Gasteiger partial charge < -0.3 is 20.4 Å². The smallest absolute Gasteiger partial charge is 0.257 e. The lowest BCUT2D eigenvalue weighted by Crippen LogP contribution is -2.26. The summed E-state index contributed by atoms with van der Waals surface area (Å²) < 4.78 is 20.3. The fraction of sp³-hybridized carbons (Fsp3) is 0.179. The van der Waals surface area contributed by atoms with Gasteiger partial charge in [-0.25, -0.2) is 14.4 Å². The van der Waals surface area contributed by atoms with Gasteiger partial charge >= 0.3 is 0 Å². The van der Waals surface area contributed by atoms with E-state index in [1.807, 2.05) is 53.1 Å². The third kappa shape index (κ3) is 4.70. The molecule has 0 aliphatic carbocycles. The molecule has 0 aliphatic heterocycles. The number of methoxy groups -OCH3 is 1. The highest BCUT2D eigenvalue weighted by molar-refractivity contribution is 6.10. The van der Waals surface area contributed by atoms with E-state index in [-0.39, 0.29) is 11.7 Å². The highest BCUT2D eigenvalue weighted by Crippen LogP contribution is 2.28. The minimum absolute atomic E-state index is 0.282. The number of aromatic nitrogens is 3. The first-order chi connectivity index (χ1) is 17.5. The van der Waals surface area contributed by atoms with E-state index in [1.54, 1.807) is 19.2 Å². The zero-order chi connectivity index (χ0) is 25.1. The van der Waals surface area contributed by atoms with Crippen molar-refractivity contribution in [3.63, 3.8) is 0 Å². The number of nitrogens with zero attached hydrogens (tertiary/aromatic N) is 3. The molecule has 1 amide bonds. The molecule has 0 radical (unpaired) electrons. The number of fused-ring (bicyclic) bond motifs is 2. The first-order valence-electron chi connectivity index (χ1n) is 11.7. The Balaban J connectivity index is 1.43. The van der Waals surface area contributed by atoms with Crippen LogP contribution in [0.5, 0.6) is 5.75 Å².